The number of aliphatic carboxylic acids is 1. The lowest BCUT2D eigenvalue weighted by atomic mass is 9.73. The van der Waals surface area contributed by atoms with E-state index >= 15 is 0 Å². The van der Waals surface area contributed by atoms with Gasteiger partial charge in [0, 0.05) is 15.8 Å². The summed E-state index contributed by atoms with van der Waals surface area (Å²) in [5.41, 5.74) is 10.2. The Morgan fingerprint density at radius 1 is 1.06 bits per heavy atom. The second-order valence-electron chi connectivity index (χ2n) is 8.57. The van der Waals surface area contributed by atoms with Crippen molar-refractivity contribution in [2.24, 2.45) is 5.92 Å². The molecule has 1 N–H and O–H groups in total. The van der Waals surface area contributed by atoms with Crippen LogP contribution in [0.4, 0.5) is 0 Å². The minimum Gasteiger partial charge on any atom is -0.478 e. The van der Waals surface area contributed by atoms with Crippen LogP contribution >= 0.6 is 22.7 Å². The monoisotopic (exact) mass is 471 g/mol. The lowest BCUT2D eigenvalue weighted by Gasteiger charge is -2.31. The van der Waals surface area contributed by atoms with Crippen LogP contribution in [0.2, 0.25) is 0 Å². The van der Waals surface area contributed by atoms with Crippen molar-refractivity contribution in [3.05, 3.63) is 92.1 Å². The molecule has 0 aliphatic heterocycles. The van der Waals surface area contributed by atoms with Gasteiger partial charge in [-0.05, 0) is 90.3 Å². The van der Waals surface area contributed by atoms with E-state index in [0.29, 0.717) is 5.92 Å². The molecule has 1 aliphatic carbocycles. The van der Waals surface area contributed by atoms with Crippen LogP contribution in [0.25, 0.3) is 27.4 Å². The Labute approximate surface area is 201 Å². The van der Waals surface area contributed by atoms with Gasteiger partial charge in [0.15, 0.2) is 0 Å². The van der Waals surface area contributed by atoms with E-state index in [4.69, 9.17) is 5.11 Å². The molecule has 2 heterocycles. The largest absolute Gasteiger partial charge is 0.478 e. The normalized spacial score (nSPS) is 15.1. The molecule has 1 aliphatic rings. The number of allylic oxidation sites excluding steroid dienone is 1. The van der Waals surface area contributed by atoms with E-state index < -0.39 is 5.97 Å². The van der Waals surface area contributed by atoms with Gasteiger partial charge in [0.05, 0.1) is 15.7 Å². The van der Waals surface area contributed by atoms with Crippen LogP contribution in [0.1, 0.15) is 51.3 Å². The molecule has 0 spiro atoms. The number of carbonyl (C=O) groups is 1. The van der Waals surface area contributed by atoms with E-state index in [0.717, 1.165) is 16.6 Å². The molecule has 2 aromatic heterocycles. The number of hydrogen-bond acceptors (Lipinski definition) is 4. The second-order valence-corrected chi connectivity index (χ2v) is 10.9. The van der Waals surface area contributed by atoms with Crippen LogP contribution in [-0.4, -0.2) is 16.1 Å². The molecule has 0 amide bonds. The predicted molar refractivity (Wildman–Crippen MR) is 140 cm³/mol. The minimum atomic E-state index is -0.938. The Kier molecular flexibility index (Phi) is 6.00. The van der Waals surface area contributed by atoms with Gasteiger partial charge in [-0.3, -0.25) is 0 Å². The molecule has 1 fully saturated rings. The molecule has 33 heavy (non-hydrogen) atoms. The third kappa shape index (κ3) is 4.43. The van der Waals surface area contributed by atoms with Crippen LogP contribution < -0.4 is 0 Å². The zero-order valence-electron chi connectivity index (χ0n) is 18.7. The fraction of sp³-hybridized carbons (Fsp3) is 0.214. The summed E-state index contributed by atoms with van der Waals surface area (Å²) in [5.74, 6) is -0.391. The fourth-order valence-corrected chi connectivity index (χ4v) is 6.17. The van der Waals surface area contributed by atoms with Crippen LogP contribution in [-0.2, 0) is 4.79 Å². The number of rotatable bonds is 6. The van der Waals surface area contributed by atoms with Gasteiger partial charge in [-0.15, -0.1) is 22.7 Å². The van der Waals surface area contributed by atoms with E-state index in [2.05, 4.69) is 55.2 Å². The minimum absolute atomic E-state index is 0.547. The topological polar surface area (TPSA) is 50.2 Å². The van der Waals surface area contributed by atoms with E-state index in [-0.39, 0.29) is 0 Å². The highest BCUT2D eigenvalue weighted by molar-refractivity contribution is 7.16. The van der Waals surface area contributed by atoms with Crippen molar-refractivity contribution in [3.63, 3.8) is 0 Å². The molecule has 0 unspecified atom stereocenters. The Balaban J connectivity index is 1.74. The Hall–Kier alpha value is -3.02. The van der Waals surface area contributed by atoms with Crippen molar-refractivity contribution < 1.29 is 9.90 Å². The van der Waals surface area contributed by atoms with E-state index in [1.54, 1.807) is 17.4 Å². The smallest absolute Gasteiger partial charge is 0.328 e. The van der Waals surface area contributed by atoms with Gasteiger partial charge in [-0.2, -0.15) is 0 Å². The standard InChI is InChI=1S/C28H25NO2S2/c1-17-14-23(18(2)33-17)28(20-4-3-5-20)27(22-11-12-25-24(15-22)29-16-32-25)21-9-6-19(7-10-21)8-13-26(30)31/h6-16,20H,3-5H2,1-2H3,(H,30,31)/b13-8+,28-27+. The molecule has 3 nitrogen and oxygen atoms in total. The van der Waals surface area contributed by atoms with E-state index in [9.17, 15) is 4.79 Å². The molecular formula is C28H25NO2S2. The molecule has 0 saturated heterocycles. The third-order valence-corrected chi connectivity index (χ3v) is 8.13. The number of aryl methyl sites for hydroxylation is 2. The lowest BCUT2D eigenvalue weighted by Crippen LogP contribution is -2.15. The molecule has 0 bridgehead atoms. The zero-order chi connectivity index (χ0) is 22.9. The van der Waals surface area contributed by atoms with Gasteiger partial charge >= 0.3 is 5.97 Å². The Morgan fingerprint density at radius 2 is 1.82 bits per heavy atom. The molecular weight excluding hydrogens is 446 g/mol. The summed E-state index contributed by atoms with van der Waals surface area (Å²) >= 11 is 3.53. The Bertz CT molecular complexity index is 1390. The SMILES string of the molecule is Cc1cc(/C(=C(\c2ccc(/C=C/C(=O)O)cc2)c2ccc3scnc3c2)C2CCC2)c(C)s1. The molecule has 0 atom stereocenters. The highest BCUT2D eigenvalue weighted by atomic mass is 32.1. The maximum Gasteiger partial charge on any atom is 0.328 e. The van der Waals surface area contributed by atoms with Crippen LogP contribution in [0.3, 0.4) is 0 Å². The number of nitrogens with zero attached hydrogens (tertiary/aromatic N) is 1. The van der Waals surface area contributed by atoms with Gasteiger partial charge in [-0.25, -0.2) is 9.78 Å². The summed E-state index contributed by atoms with van der Waals surface area (Å²) in [7, 11) is 0. The van der Waals surface area contributed by atoms with E-state index in [1.165, 1.54) is 62.1 Å². The number of carboxylic acid groups (broad SMARTS) is 1. The van der Waals surface area contributed by atoms with Gasteiger partial charge in [0.1, 0.15) is 0 Å². The van der Waals surface area contributed by atoms with Gasteiger partial charge in [0.2, 0.25) is 0 Å². The van der Waals surface area contributed by atoms with Gasteiger partial charge < -0.3 is 5.11 Å². The van der Waals surface area contributed by atoms with Crippen molar-refractivity contribution in [3.8, 4) is 0 Å². The van der Waals surface area contributed by atoms with Crippen LogP contribution in [0.5, 0.6) is 0 Å². The third-order valence-electron chi connectivity index (χ3n) is 6.35. The summed E-state index contributed by atoms with van der Waals surface area (Å²) in [6.45, 7) is 4.41. The molecule has 4 aromatic rings. The van der Waals surface area contributed by atoms with Crippen molar-refractivity contribution in [2.45, 2.75) is 33.1 Å². The summed E-state index contributed by atoms with van der Waals surface area (Å²) in [6, 6.07) is 17.2. The maximum absolute atomic E-state index is 10.9. The molecule has 5 rings (SSSR count). The number of fused-ring (bicyclic) bond motifs is 1. The van der Waals surface area contributed by atoms with Gasteiger partial charge in [-0.1, -0.05) is 36.8 Å². The highest BCUT2D eigenvalue weighted by Crippen LogP contribution is 2.47. The molecule has 5 heteroatoms. The lowest BCUT2D eigenvalue weighted by molar-refractivity contribution is -0.131. The molecule has 2 aromatic carbocycles. The predicted octanol–water partition coefficient (Wildman–Crippen LogP) is 7.83. The van der Waals surface area contributed by atoms with Crippen molar-refractivity contribution >= 4 is 56.1 Å². The first kappa shape index (κ1) is 21.8. The zero-order valence-corrected chi connectivity index (χ0v) is 20.3. The molecule has 1 saturated carbocycles. The number of hydrogen-bond donors (Lipinski definition) is 1. The first-order valence-corrected chi connectivity index (χ1v) is 12.9. The summed E-state index contributed by atoms with van der Waals surface area (Å²) in [4.78, 5) is 18.2. The highest BCUT2D eigenvalue weighted by Gasteiger charge is 2.29. The first-order valence-electron chi connectivity index (χ1n) is 11.2. The number of benzene rings is 2. The fourth-order valence-electron chi connectivity index (χ4n) is 4.57. The van der Waals surface area contributed by atoms with Gasteiger partial charge in [0.25, 0.3) is 0 Å². The van der Waals surface area contributed by atoms with Crippen LogP contribution in [0.15, 0.2) is 60.1 Å². The van der Waals surface area contributed by atoms with Crippen molar-refractivity contribution in [1.29, 1.82) is 0 Å². The van der Waals surface area contributed by atoms with E-state index in [1.807, 2.05) is 29.0 Å². The second kappa shape index (κ2) is 9.08. The average molecular weight is 472 g/mol. The summed E-state index contributed by atoms with van der Waals surface area (Å²) in [5, 5.41) is 8.96. The summed E-state index contributed by atoms with van der Waals surface area (Å²) < 4.78 is 1.19. The van der Waals surface area contributed by atoms with Crippen molar-refractivity contribution in [2.75, 3.05) is 0 Å². The average Bonchev–Trinajstić information content (AvgIpc) is 3.36. The number of carboxylic acids is 1. The van der Waals surface area contributed by atoms with Crippen LogP contribution in [0, 0.1) is 19.8 Å². The van der Waals surface area contributed by atoms with Crippen molar-refractivity contribution in [1.82, 2.24) is 4.98 Å². The molecule has 0 radical (unpaired) electrons. The number of aromatic nitrogens is 1. The summed E-state index contributed by atoms with van der Waals surface area (Å²) in [6.07, 6.45) is 6.51. The number of thiazole rings is 1. The quantitative estimate of drug-likeness (QED) is 0.292. The first-order chi connectivity index (χ1) is 16.0. The Morgan fingerprint density at radius 3 is 2.45 bits per heavy atom. The number of thiophene rings is 1. The molecule has 166 valence electrons. The maximum atomic E-state index is 10.9.